The van der Waals surface area contributed by atoms with Crippen molar-refractivity contribution in [1.82, 2.24) is 19.5 Å². The van der Waals surface area contributed by atoms with E-state index in [1.54, 1.807) is 13.4 Å². The zero-order chi connectivity index (χ0) is 17.1. The number of fused-ring (bicyclic) bond motifs is 2. The minimum Gasteiger partial charge on any atom is -0.394 e. The highest BCUT2D eigenvalue weighted by Gasteiger charge is 2.55. The average molecular weight is 335 g/mol. The predicted molar refractivity (Wildman–Crippen MR) is 84.4 cm³/mol. The van der Waals surface area contributed by atoms with Gasteiger partial charge in [0.2, 0.25) is 0 Å². The molecule has 0 radical (unpaired) electrons. The normalized spacial score (nSPS) is 31.5. The summed E-state index contributed by atoms with van der Waals surface area (Å²) >= 11 is 0. The summed E-state index contributed by atoms with van der Waals surface area (Å²) < 4.78 is 19.7. The molecular weight excluding hydrogens is 314 g/mol. The second kappa shape index (κ2) is 5.35. The molecule has 4 heterocycles. The van der Waals surface area contributed by atoms with E-state index in [2.05, 4.69) is 20.3 Å². The standard InChI is InChI=1S/C15H21N5O4/c1-7-18-12(16-4)9-13(19-7)20(6-17-9)14-11-10(8(5-21)22-14)23-15(2,3)24-11/h6,8,10-11,14,21H,5H2,1-4H3,(H,16,18,19). The molecule has 9 nitrogen and oxygen atoms in total. The molecule has 2 saturated heterocycles. The number of hydrogen-bond acceptors (Lipinski definition) is 8. The lowest BCUT2D eigenvalue weighted by atomic mass is 10.1. The van der Waals surface area contributed by atoms with Gasteiger partial charge in [-0.1, -0.05) is 0 Å². The van der Waals surface area contributed by atoms with Gasteiger partial charge in [-0.25, -0.2) is 15.0 Å². The van der Waals surface area contributed by atoms with Gasteiger partial charge in [0.15, 0.2) is 29.0 Å². The van der Waals surface area contributed by atoms with Gasteiger partial charge in [-0.15, -0.1) is 0 Å². The molecule has 0 bridgehead atoms. The number of rotatable bonds is 3. The maximum atomic E-state index is 9.62. The summed E-state index contributed by atoms with van der Waals surface area (Å²) in [7, 11) is 1.79. The van der Waals surface area contributed by atoms with Crippen molar-refractivity contribution in [3.05, 3.63) is 12.2 Å². The first-order chi connectivity index (χ1) is 11.4. The Morgan fingerprint density at radius 2 is 2.04 bits per heavy atom. The summed E-state index contributed by atoms with van der Waals surface area (Å²) in [4.78, 5) is 13.3. The molecule has 130 valence electrons. The van der Waals surface area contributed by atoms with Crippen LogP contribution in [0.3, 0.4) is 0 Å². The highest BCUT2D eigenvalue weighted by Crippen LogP contribution is 2.43. The van der Waals surface area contributed by atoms with E-state index < -0.39 is 18.1 Å². The van der Waals surface area contributed by atoms with Crippen molar-refractivity contribution in [1.29, 1.82) is 0 Å². The molecule has 2 aliphatic rings. The number of hydrogen-bond donors (Lipinski definition) is 2. The van der Waals surface area contributed by atoms with Crippen LogP contribution in [0.25, 0.3) is 11.2 Å². The summed E-state index contributed by atoms with van der Waals surface area (Å²) in [6.45, 7) is 5.40. The van der Waals surface area contributed by atoms with Gasteiger partial charge in [0.25, 0.3) is 0 Å². The second-order valence-corrected chi connectivity index (χ2v) is 6.51. The largest absolute Gasteiger partial charge is 0.394 e. The van der Waals surface area contributed by atoms with E-state index in [4.69, 9.17) is 14.2 Å². The number of aryl methyl sites for hydroxylation is 1. The van der Waals surface area contributed by atoms with E-state index >= 15 is 0 Å². The Labute approximate surface area is 139 Å². The molecule has 0 amide bonds. The van der Waals surface area contributed by atoms with Crippen LogP contribution in [0.15, 0.2) is 6.33 Å². The zero-order valence-electron chi connectivity index (χ0n) is 14.1. The van der Waals surface area contributed by atoms with Crippen LogP contribution in [0.4, 0.5) is 5.82 Å². The molecule has 2 fully saturated rings. The van der Waals surface area contributed by atoms with Crippen molar-refractivity contribution < 1.29 is 19.3 Å². The lowest BCUT2D eigenvalue weighted by Gasteiger charge is -2.24. The van der Waals surface area contributed by atoms with E-state index in [0.717, 1.165) is 0 Å². The molecule has 4 unspecified atom stereocenters. The highest BCUT2D eigenvalue weighted by molar-refractivity contribution is 5.82. The van der Waals surface area contributed by atoms with Crippen LogP contribution in [0.1, 0.15) is 25.9 Å². The number of aliphatic hydroxyl groups is 1. The van der Waals surface area contributed by atoms with Crippen LogP contribution in [0, 0.1) is 6.92 Å². The number of aliphatic hydroxyl groups excluding tert-OH is 1. The molecule has 2 N–H and O–H groups in total. The summed E-state index contributed by atoms with van der Waals surface area (Å²) in [5, 5.41) is 12.6. The van der Waals surface area contributed by atoms with Crippen LogP contribution >= 0.6 is 0 Å². The molecule has 9 heteroatoms. The van der Waals surface area contributed by atoms with Gasteiger partial charge in [0.1, 0.15) is 24.1 Å². The van der Waals surface area contributed by atoms with Crippen molar-refractivity contribution in [3.63, 3.8) is 0 Å². The summed E-state index contributed by atoms with van der Waals surface area (Å²) in [5.41, 5.74) is 1.32. The summed E-state index contributed by atoms with van der Waals surface area (Å²) in [5.74, 6) is 0.571. The number of imidazole rings is 1. The molecular formula is C15H21N5O4. The van der Waals surface area contributed by atoms with Crippen molar-refractivity contribution in [3.8, 4) is 0 Å². The number of ether oxygens (including phenoxy) is 3. The van der Waals surface area contributed by atoms with Gasteiger partial charge < -0.3 is 24.6 Å². The molecule has 4 rings (SSSR count). The number of aromatic nitrogens is 4. The lowest BCUT2D eigenvalue weighted by molar-refractivity contribution is -0.199. The zero-order valence-corrected chi connectivity index (χ0v) is 14.1. The molecule has 2 aliphatic heterocycles. The molecule has 0 aliphatic carbocycles. The molecule has 2 aromatic heterocycles. The maximum Gasteiger partial charge on any atom is 0.167 e. The lowest BCUT2D eigenvalue weighted by Crippen LogP contribution is -2.31. The van der Waals surface area contributed by atoms with E-state index in [-0.39, 0.29) is 18.8 Å². The topological polar surface area (TPSA) is 104 Å². The monoisotopic (exact) mass is 335 g/mol. The van der Waals surface area contributed by atoms with Crippen molar-refractivity contribution >= 4 is 17.0 Å². The quantitative estimate of drug-likeness (QED) is 0.840. The van der Waals surface area contributed by atoms with Crippen molar-refractivity contribution in [2.24, 2.45) is 0 Å². The minimum atomic E-state index is -0.720. The van der Waals surface area contributed by atoms with Crippen LogP contribution in [0.5, 0.6) is 0 Å². The third kappa shape index (κ3) is 2.27. The Hall–Kier alpha value is -1.81. The smallest absolute Gasteiger partial charge is 0.167 e. The molecule has 2 aromatic rings. The van der Waals surface area contributed by atoms with Crippen LogP contribution in [-0.4, -0.2) is 62.4 Å². The van der Waals surface area contributed by atoms with Gasteiger partial charge in [0, 0.05) is 7.05 Å². The predicted octanol–water partition coefficient (Wildman–Crippen LogP) is 0.586. The highest BCUT2D eigenvalue weighted by atomic mass is 16.8. The first-order valence-electron chi connectivity index (χ1n) is 7.94. The third-order valence-electron chi connectivity index (χ3n) is 4.35. The second-order valence-electron chi connectivity index (χ2n) is 6.51. The van der Waals surface area contributed by atoms with E-state index in [0.29, 0.717) is 22.8 Å². The number of nitrogens with zero attached hydrogens (tertiary/aromatic N) is 4. The third-order valence-corrected chi connectivity index (χ3v) is 4.35. The molecule has 4 atom stereocenters. The fourth-order valence-corrected chi connectivity index (χ4v) is 3.42. The number of anilines is 1. The van der Waals surface area contributed by atoms with E-state index in [1.165, 1.54) is 0 Å². The molecule has 0 spiro atoms. The van der Waals surface area contributed by atoms with E-state index in [1.807, 2.05) is 25.3 Å². The van der Waals surface area contributed by atoms with Crippen LogP contribution < -0.4 is 5.32 Å². The van der Waals surface area contributed by atoms with Crippen molar-refractivity contribution in [2.45, 2.75) is 51.1 Å². The fraction of sp³-hybridized carbons (Fsp3) is 0.667. The Kier molecular flexibility index (Phi) is 3.50. The first kappa shape index (κ1) is 15.7. The first-order valence-corrected chi connectivity index (χ1v) is 7.94. The maximum absolute atomic E-state index is 9.62. The average Bonchev–Trinajstić information content (AvgIpc) is 3.16. The Morgan fingerprint density at radius 3 is 2.75 bits per heavy atom. The summed E-state index contributed by atoms with van der Waals surface area (Å²) in [6.07, 6.45) is 0.0568. The summed E-state index contributed by atoms with van der Waals surface area (Å²) in [6, 6.07) is 0. The SMILES string of the molecule is CNc1nc(C)nc2c1ncn2C1OC(CO)C2OC(C)(C)OC21. The molecule has 0 aromatic carbocycles. The van der Waals surface area contributed by atoms with Crippen LogP contribution in [-0.2, 0) is 14.2 Å². The van der Waals surface area contributed by atoms with Gasteiger partial charge >= 0.3 is 0 Å². The molecule has 24 heavy (non-hydrogen) atoms. The van der Waals surface area contributed by atoms with E-state index in [9.17, 15) is 5.11 Å². The van der Waals surface area contributed by atoms with Gasteiger partial charge in [0.05, 0.1) is 12.9 Å². The molecule has 0 saturated carbocycles. The van der Waals surface area contributed by atoms with Gasteiger partial charge in [-0.05, 0) is 20.8 Å². The van der Waals surface area contributed by atoms with Gasteiger partial charge in [-0.2, -0.15) is 0 Å². The van der Waals surface area contributed by atoms with Crippen LogP contribution in [0.2, 0.25) is 0 Å². The fourth-order valence-electron chi connectivity index (χ4n) is 3.42. The Morgan fingerprint density at radius 1 is 1.29 bits per heavy atom. The number of nitrogens with one attached hydrogen (secondary N) is 1. The Bertz CT molecular complexity index is 777. The Balaban J connectivity index is 1.79. The van der Waals surface area contributed by atoms with Crippen molar-refractivity contribution in [2.75, 3.05) is 19.0 Å². The van der Waals surface area contributed by atoms with Gasteiger partial charge in [-0.3, -0.25) is 4.57 Å². The minimum absolute atomic E-state index is 0.139.